The quantitative estimate of drug-likeness (QED) is 0.648. The minimum atomic E-state index is -0.912. The zero-order chi connectivity index (χ0) is 17.9. The number of carboxylic acid groups (broad SMARTS) is 1. The van der Waals surface area contributed by atoms with Crippen molar-refractivity contribution in [2.45, 2.75) is 66.3 Å². The van der Waals surface area contributed by atoms with Crippen LogP contribution in [-0.2, 0) is 17.8 Å². The topological polar surface area (TPSA) is 68.0 Å². The van der Waals surface area contributed by atoms with Gasteiger partial charge in [-0.05, 0) is 53.4 Å². The zero-order valence-electron chi connectivity index (χ0n) is 15.2. The van der Waals surface area contributed by atoms with Crippen molar-refractivity contribution >= 4 is 5.97 Å². The molecule has 5 heteroatoms. The molecule has 132 valence electrons. The summed E-state index contributed by atoms with van der Waals surface area (Å²) < 4.78 is 1.35. The Kier molecular flexibility index (Phi) is 8.76. The van der Waals surface area contributed by atoms with Crippen LogP contribution in [0.1, 0.15) is 59.1 Å². The summed E-state index contributed by atoms with van der Waals surface area (Å²) in [6.45, 7) is 8.43. The van der Waals surface area contributed by atoms with Gasteiger partial charge in [0.1, 0.15) is 6.54 Å². The first-order valence-corrected chi connectivity index (χ1v) is 8.42. The molecule has 0 aliphatic heterocycles. The summed E-state index contributed by atoms with van der Waals surface area (Å²) in [5, 5.41) is 16.5. The highest BCUT2D eigenvalue weighted by Gasteiger charge is 2.03. The molecule has 1 aromatic heterocycles. The Labute approximate surface area is 144 Å². The molecule has 0 saturated carbocycles. The number of hydrogen-bond acceptors (Lipinski definition) is 3. The second kappa shape index (κ2) is 10.6. The fourth-order valence-corrected chi connectivity index (χ4v) is 2.27. The molecule has 0 amide bonds. The first kappa shape index (κ1) is 19.9. The predicted molar refractivity (Wildman–Crippen MR) is 96.8 cm³/mol. The third kappa shape index (κ3) is 9.08. The van der Waals surface area contributed by atoms with E-state index in [9.17, 15) is 4.79 Å². The van der Waals surface area contributed by atoms with E-state index in [2.05, 4.69) is 56.2 Å². The van der Waals surface area contributed by atoms with Gasteiger partial charge in [-0.3, -0.25) is 4.79 Å². The van der Waals surface area contributed by atoms with Crippen molar-refractivity contribution in [3.8, 4) is 0 Å². The van der Waals surface area contributed by atoms with Crippen molar-refractivity contribution in [2.75, 3.05) is 0 Å². The van der Waals surface area contributed by atoms with Crippen LogP contribution < -0.4 is 0 Å². The van der Waals surface area contributed by atoms with E-state index in [0.29, 0.717) is 6.42 Å². The highest BCUT2D eigenvalue weighted by Crippen LogP contribution is 2.12. The summed E-state index contributed by atoms with van der Waals surface area (Å²) in [7, 11) is 0. The third-order valence-corrected chi connectivity index (χ3v) is 3.67. The van der Waals surface area contributed by atoms with Gasteiger partial charge in [-0.25, -0.2) is 4.68 Å². The van der Waals surface area contributed by atoms with Gasteiger partial charge in [0, 0.05) is 12.6 Å². The Morgan fingerprint density at radius 1 is 1.08 bits per heavy atom. The van der Waals surface area contributed by atoms with Crippen molar-refractivity contribution in [2.24, 2.45) is 0 Å². The second-order valence-corrected chi connectivity index (χ2v) is 6.47. The van der Waals surface area contributed by atoms with E-state index >= 15 is 0 Å². The molecule has 0 bridgehead atoms. The van der Waals surface area contributed by atoms with E-state index in [0.717, 1.165) is 31.4 Å². The maximum absolute atomic E-state index is 10.6. The number of allylic oxidation sites excluding steroid dienone is 6. The molecule has 5 nitrogen and oxygen atoms in total. The van der Waals surface area contributed by atoms with Crippen LogP contribution in [0.5, 0.6) is 0 Å². The molecule has 24 heavy (non-hydrogen) atoms. The molecule has 0 atom stereocenters. The van der Waals surface area contributed by atoms with Crippen molar-refractivity contribution in [1.29, 1.82) is 0 Å². The second-order valence-electron chi connectivity index (χ2n) is 6.47. The van der Waals surface area contributed by atoms with Crippen LogP contribution in [-0.4, -0.2) is 26.1 Å². The molecule has 0 aromatic carbocycles. The largest absolute Gasteiger partial charge is 0.480 e. The lowest BCUT2D eigenvalue weighted by Gasteiger charge is -2.01. The van der Waals surface area contributed by atoms with Gasteiger partial charge in [0.05, 0.1) is 5.69 Å². The molecule has 1 heterocycles. The van der Waals surface area contributed by atoms with Crippen LogP contribution in [0, 0.1) is 0 Å². The van der Waals surface area contributed by atoms with Crippen LogP contribution in [0.2, 0.25) is 0 Å². The molecule has 1 N–H and O–H groups in total. The van der Waals surface area contributed by atoms with Gasteiger partial charge in [0.25, 0.3) is 0 Å². The van der Waals surface area contributed by atoms with Crippen LogP contribution >= 0.6 is 0 Å². The van der Waals surface area contributed by atoms with Crippen molar-refractivity contribution < 1.29 is 9.90 Å². The van der Waals surface area contributed by atoms with Crippen molar-refractivity contribution in [3.05, 3.63) is 46.8 Å². The average Bonchev–Trinajstić information content (AvgIpc) is 2.91. The predicted octanol–water partition coefficient (Wildman–Crippen LogP) is 4.32. The lowest BCUT2D eigenvalue weighted by Crippen LogP contribution is -2.08. The fourth-order valence-electron chi connectivity index (χ4n) is 2.27. The highest BCUT2D eigenvalue weighted by atomic mass is 16.4. The number of aromatic nitrogens is 3. The standard InChI is InChI=1S/C19H29N3O2/c1-15(2)7-5-8-16(3)9-6-10-17(4)11-12-18-13-22(21-20-18)14-19(23)24/h7,9,11,13H,5-6,8,10,12,14H2,1-4H3,(H,23,24)/b16-9+,17-11+. The minimum absolute atomic E-state index is 0.146. The Hall–Kier alpha value is -2.17. The van der Waals surface area contributed by atoms with Gasteiger partial charge in [-0.1, -0.05) is 40.2 Å². The SMILES string of the molecule is CC(C)=CCC/C(C)=C/CC/C(C)=C/Cc1cn(CC(=O)O)nn1. The lowest BCUT2D eigenvalue weighted by molar-refractivity contribution is -0.137. The number of carboxylic acids is 1. The number of nitrogens with zero attached hydrogens (tertiary/aromatic N) is 3. The van der Waals surface area contributed by atoms with Crippen molar-refractivity contribution in [1.82, 2.24) is 15.0 Å². The first-order chi connectivity index (χ1) is 11.4. The smallest absolute Gasteiger partial charge is 0.325 e. The van der Waals surface area contributed by atoms with Gasteiger partial charge < -0.3 is 5.11 Å². The molecular weight excluding hydrogens is 302 g/mol. The number of carbonyl (C=O) groups is 1. The van der Waals surface area contributed by atoms with Gasteiger partial charge in [-0.15, -0.1) is 5.10 Å². The molecule has 0 radical (unpaired) electrons. The summed E-state index contributed by atoms with van der Waals surface area (Å²) in [5.41, 5.74) is 4.93. The molecule has 0 spiro atoms. The molecular formula is C19H29N3O2. The van der Waals surface area contributed by atoms with Crippen LogP contribution in [0.15, 0.2) is 41.1 Å². The van der Waals surface area contributed by atoms with Crippen molar-refractivity contribution in [3.63, 3.8) is 0 Å². The number of aliphatic carboxylic acids is 1. The number of rotatable bonds is 10. The Morgan fingerprint density at radius 3 is 2.33 bits per heavy atom. The van der Waals surface area contributed by atoms with Gasteiger partial charge in [0.2, 0.25) is 0 Å². The fraction of sp³-hybridized carbons (Fsp3) is 0.526. The van der Waals surface area contributed by atoms with Crippen LogP contribution in [0.3, 0.4) is 0 Å². The highest BCUT2D eigenvalue weighted by molar-refractivity contribution is 5.66. The van der Waals surface area contributed by atoms with Gasteiger partial charge in [0.15, 0.2) is 0 Å². The molecule has 0 aliphatic rings. The molecule has 0 unspecified atom stereocenters. The first-order valence-electron chi connectivity index (χ1n) is 8.42. The Morgan fingerprint density at radius 2 is 1.71 bits per heavy atom. The summed E-state index contributed by atoms with van der Waals surface area (Å²) in [6, 6.07) is 0. The van der Waals surface area contributed by atoms with Gasteiger partial charge in [-0.2, -0.15) is 0 Å². The molecule has 0 aliphatic carbocycles. The third-order valence-electron chi connectivity index (χ3n) is 3.67. The molecule has 1 aromatic rings. The minimum Gasteiger partial charge on any atom is -0.480 e. The number of hydrogen-bond donors (Lipinski definition) is 1. The van der Waals surface area contributed by atoms with E-state index in [1.54, 1.807) is 6.20 Å². The maximum atomic E-state index is 10.6. The normalized spacial score (nSPS) is 12.3. The monoisotopic (exact) mass is 331 g/mol. The van der Waals surface area contributed by atoms with E-state index < -0.39 is 5.97 Å². The average molecular weight is 331 g/mol. The molecule has 0 fully saturated rings. The van der Waals surface area contributed by atoms with E-state index in [1.807, 2.05) is 0 Å². The summed E-state index contributed by atoms with van der Waals surface area (Å²) in [6.07, 6.45) is 13.4. The van der Waals surface area contributed by atoms with E-state index in [4.69, 9.17) is 5.11 Å². The van der Waals surface area contributed by atoms with Crippen LogP contribution in [0.25, 0.3) is 0 Å². The van der Waals surface area contributed by atoms with Gasteiger partial charge >= 0.3 is 5.97 Å². The maximum Gasteiger partial charge on any atom is 0.325 e. The Bertz CT molecular complexity index is 620. The lowest BCUT2D eigenvalue weighted by atomic mass is 10.1. The molecule has 0 saturated heterocycles. The summed E-state index contributed by atoms with van der Waals surface area (Å²) >= 11 is 0. The summed E-state index contributed by atoms with van der Waals surface area (Å²) in [5.74, 6) is -0.912. The summed E-state index contributed by atoms with van der Waals surface area (Å²) in [4.78, 5) is 10.6. The van der Waals surface area contributed by atoms with Crippen LogP contribution in [0.4, 0.5) is 0 Å². The Balaban J connectivity index is 2.35. The molecule has 1 rings (SSSR count). The van der Waals surface area contributed by atoms with E-state index in [-0.39, 0.29) is 6.54 Å². The van der Waals surface area contributed by atoms with E-state index in [1.165, 1.54) is 21.4 Å². The zero-order valence-corrected chi connectivity index (χ0v) is 15.2.